The van der Waals surface area contributed by atoms with Crippen LogP contribution >= 0.6 is 0 Å². The average Bonchev–Trinajstić information content (AvgIpc) is 3.04. The smallest absolute Gasteiger partial charge is 0.263 e. The van der Waals surface area contributed by atoms with Gasteiger partial charge in [0.15, 0.2) is 12.4 Å². The van der Waals surface area contributed by atoms with Crippen LogP contribution in [0.25, 0.3) is 10.9 Å². The van der Waals surface area contributed by atoms with Crippen molar-refractivity contribution >= 4 is 22.6 Å². The molecule has 7 heteroatoms. The molecule has 0 radical (unpaired) electrons. The van der Waals surface area contributed by atoms with Crippen LogP contribution < -0.4 is 10.1 Å². The van der Waals surface area contributed by atoms with Gasteiger partial charge in [-0.25, -0.2) is 0 Å². The Kier molecular flexibility index (Phi) is 3.08. The summed E-state index contributed by atoms with van der Waals surface area (Å²) in [6.45, 7) is 1.59. The minimum absolute atomic E-state index is 0.160. The molecule has 20 heavy (non-hydrogen) atoms. The maximum Gasteiger partial charge on any atom is 0.263 e. The van der Waals surface area contributed by atoms with E-state index in [4.69, 9.17) is 9.26 Å². The molecule has 0 atom stereocenters. The van der Waals surface area contributed by atoms with E-state index in [0.29, 0.717) is 11.6 Å². The van der Waals surface area contributed by atoms with Gasteiger partial charge in [-0.15, -0.1) is 0 Å². The SMILES string of the molecule is Cc1cc(OCC(=O)Nc2n[nH]c3ccccc23)no1. The van der Waals surface area contributed by atoms with Crippen LogP contribution in [-0.2, 0) is 4.79 Å². The van der Waals surface area contributed by atoms with Crippen molar-refractivity contribution in [3.05, 3.63) is 36.1 Å². The lowest BCUT2D eigenvalue weighted by Crippen LogP contribution is -2.20. The summed E-state index contributed by atoms with van der Waals surface area (Å²) in [5.41, 5.74) is 0.857. The Hall–Kier alpha value is -2.83. The third-order valence-electron chi connectivity index (χ3n) is 2.69. The van der Waals surface area contributed by atoms with Gasteiger partial charge in [0.1, 0.15) is 5.76 Å². The highest BCUT2D eigenvalue weighted by Crippen LogP contribution is 2.19. The fraction of sp³-hybridized carbons (Fsp3) is 0.154. The zero-order valence-electron chi connectivity index (χ0n) is 10.7. The number of H-pyrrole nitrogens is 1. The summed E-state index contributed by atoms with van der Waals surface area (Å²) in [6, 6.07) is 9.13. The molecule has 0 bridgehead atoms. The highest BCUT2D eigenvalue weighted by atomic mass is 16.5. The number of fused-ring (bicyclic) bond motifs is 1. The van der Waals surface area contributed by atoms with E-state index in [0.717, 1.165) is 10.9 Å². The fourth-order valence-electron chi connectivity index (χ4n) is 1.78. The topological polar surface area (TPSA) is 93.0 Å². The fourth-order valence-corrected chi connectivity index (χ4v) is 1.78. The van der Waals surface area contributed by atoms with Crippen molar-refractivity contribution in [3.63, 3.8) is 0 Å². The molecule has 0 spiro atoms. The van der Waals surface area contributed by atoms with Gasteiger partial charge in [-0.05, 0) is 24.2 Å². The number of nitrogens with one attached hydrogen (secondary N) is 2. The number of aromatic nitrogens is 3. The highest BCUT2D eigenvalue weighted by Gasteiger charge is 2.10. The maximum absolute atomic E-state index is 11.8. The van der Waals surface area contributed by atoms with E-state index in [-0.39, 0.29) is 18.4 Å². The molecule has 0 aliphatic rings. The molecule has 0 unspecified atom stereocenters. The second-order valence-corrected chi connectivity index (χ2v) is 4.23. The van der Waals surface area contributed by atoms with Gasteiger partial charge in [0, 0.05) is 11.5 Å². The van der Waals surface area contributed by atoms with Crippen LogP contribution in [0.2, 0.25) is 0 Å². The van der Waals surface area contributed by atoms with Gasteiger partial charge in [0.2, 0.25) is 0 Å². The Morgan fingerprint density at radius 1 is 1.45 bits per heavy atom. The van der Waals surface area contributed by atoms with Gasteiger partial charge < -0.3 is 14.6 Å². The molecule has 2 aromatic heterocycles. The van der Waals surface area contributed by atoms with Crippen molar-refractivity contribution in [3.8, 4) is 5.88 Å². The molecule has 0 aliphatic heterocycles. The molecular formula is C13H12N4O3. The molecule has 0 saturated heterocycles. The van der Waals surface area contributed by atoms with E-state index in [1.54, 1.807) is 13.0 Å². The van der Waals surface area contributed by atoms with E-state index in [1.807, 2.05) is 24.3 Å². The molecule has 7 nitrogen and oxygen atoms in total. The zero-order chi connectivity index (χ0) is 13.9. The van der Waals surface area contributed by atoms with Crippen molar-refractivity contribution in [1.82, 2.24) is 15.4 Å². The van der Waals surface area contributed by atoms with Crippen LogP contribution in [-0.4, -0.2) is 27.9 Å². The first-order valence-corrected chi connectivity index (χ1v) is 6.01. The number of para-hydroxylation sites is 1. The summed E-state index contributed by atoms with van der Waals surface area (Å²) in [6.07, 6.45) is 0. The van der Waals surface area contributed by atoms with Gasteiger partial charge >= 0.3 is 0 Å². The van der Waals surface area contributed by atoms with Crippen LogP contribution in [0.15, 0.2) is 34.9 Å². The summed E-state index contributed by atoms with van der Waals surface area (Å²) in [7, 11) is 0. The maximum atomic E-state index is 11.8. The molecule has 2 N–H and O–H groups in total. The molecule has 0 fully saturated rings. The van der Waals surface area contributed by atoms with Crippen molar-refractivity contribution in [2.45, 2.75) is 6.92 Å². The number of aryl methyl sites for hydroxylation is 1. The number of carbonyl (C=O) groups excluding carboxylic acids is 1. The van der Waals surface area contributed by atoms with Crippen LogP contribution in [0, 0.1) is 6.92 Å². The molecule has 0 saturated carbocycles. The van der Waals surface area contributed by atoms with Gasteiger partial charge in [-0.3, -0.25) is 9.89 Å². The van der Waals surface area contributed by atoms with Crippen LogP contribution in [0.4, 0.5) is 5.82 Å². The van der Waals surface area contributed by atoms with Gasteiger partial charge in [0.05, 0.1) is 5.52 Å². The number of nitrogens with zero attached hydrogens (tertiary/aromatic N) is 2. The summed E-state index contributed by atoms with van der Waals surface area (Å²) in [4.78, 5) is 11.8. The van der Waals surface area contributed by atoms with E-state index in [1.165, 1.54) is 0 Å². The zero-order valence-corrected chi connectivity index (χ0v) is 10.7. The van der Waals surface area contributed by atoms with Crippen molar-refractivity contribution < 1.29 is 14.1 Å². The Bertz CT molecular complexity index is 747. The number of ether oxygens (including phenoxy) is 1. The van der Waals surface area contributed by atoms with Crippen molar-refractivity contribution in [2.75, 3.05) is 11.9 Å². The second kappa shape index (κ2) is 5.04. The normalized spacial score (nSPS) is 10.7. The molecule has 0 aliphatic carbocycles. The quantitative estimate of drug-likeness (QED) is 0.756. The second-order valence-electron chi connectivity index (χ2n) is 4.23. The number of hydrogen-bond acceptors (Lipinski definition) is 5. The third-order valence-corrected chi connectivity index (χ3v) is 2.69. The molecule has 3 aromatic rings. The molecule has 2 heterocycles. The molecule has 1 amide bonds. The van der Waals surface area contributed by atoms with E-state index in [9.17, 15) is 4.79 Å². The lowest BCUT2D eigenvalue weighted by molar-refractivity contribution is -0.118. The summed E-state index contributed by atoms with van der Waals surface area (Å²) < 4.78 is 10.0. The minimum atomic E-state index is -0.317. The lowest BCUT2D eigenvalue weighted by atomic mass is 10.2. The Morgan fingerprint density at radius 2 is 2.30 bits per heavy atom. The van der Waals surface area contributed by atoms with Crippen LogP contribution in [0.5, 0.6) is 5.88 Å². The van der Waals surface area contributed by atoms with E-state index in [2.05, 4.69) is 20.7 Å². The lowest BCUT2D eigenvalue weighted by Gasteiger charge is -2.02. The predicted molar refractivity (Wildman–Crippen MR) is 71.5 cm³/mol. The largest absolute Gasteiger partial charge is 0.465 e. The summed E-state index contributed by atoms with van der Waals surface area (Å²) in [5, 5.41) is 14.0. The van der Waals surface area contributed by atoms with Crippen molar-refractivity contribution in [1.29, 1.82) is 0 Å². The average molecular weight is 272 g/mol. The predicted octanol–water partition coefficient (Wildman–Crippen LogP) is 1.88. The van der Waals surface area contributed by atoms with Crippen molar-refractivity contribution in [2.24, 2.45) is 0 Å². The molecular weight excluding hydrogens is 260 g/mol. The molecule has 102 valence electrons. The summed E-state index contributed by atoms with van der Waals surface area (Å²) >= 11 is 0. The number of anilines is 1. The first kappa shape index (κ1) is 12.2. The van der Waals surface area contributed by atoms with Crippen LogP contribution in [0.3, 0.4) is 0 Å². The number of amides is 1. The van der Waals surface area contributed by atoms with E-state index >= 15 is 0 Å². The molecule has 3 rings (SSSR count). The number of aromatic amines is 1. The number of carbonyl (C=O) groups is 1. The first-order chi connectivity index (χ1) is 9.72. The number of hydrogen-bond donors (Lipinski definition) is 2. The summed E-state index contributed by atoms with van der Waals surface area (Å²) in [5.74, 6) is 1.07. The Morgan fingerprint density at radius 3 is 3.10 bits per heavy atom. The van der Waals surface area contributed by atoms with Gasteiger partial charge in [-0.2, -0.15) is 5.10 Å². The molecule has 1 aromatic carbocycles. The van der Waals surface area contributed by atoms with Gasteiger partial charge in [0.25, 0.3) is 11.8 Å². The number of rotatable bonds is 4. The standard InChI is InChI=1S/C13H12N4O3/c1-8-6-12(17-20-8)19-7-11(18)14-13-9-4-2-3-5-10(9)15-16-13/h2-6H,7H2,1H3,(H2,14,15,16,18). The number of benzene rings is 1. The monoisotopic (exact) mass is 272 g/mol. The van der Waals surface area contributed by atoms with Gasteiger partial charge in [-0.1, -0.05) is 12.1 Å². The Balaban J connectivity index is 1.64. The van der Waals surface area contributed by atoms with Crippen LogP contribution in [0.1, 0.15) is 5.76 Å². The van der Waals surface area contributed by atoms with E-state index < -0.39 is 0 Å². The highest BCUT2D eigenvalue weighted by molar-refractivity contribution is 6.00. The third kappa shape index (κ3) is 2.46. The minimum Gasteiger partial charge on any atom is -0.465 e. The first-order valence-electron chi connectivity index (χ1n) is 6.01. The Labute approximate surface area is 113 Å².